The largest absolute Gasteiger partial charge is 0.497 e. The number of benzene rings is 2. The lowest BCUT2D eigenvalue weighted by Crippen LogP contribution is -2.43. The average Bonchev–Trinajstić information content (AvgIpc) is 3.12. The van der Waals surface area contributed by atoms with E-state index >= 15 is 0 Å². The van der Waals surface area contributed by atoms with Gasteiger partial charge in [0, 0.05) is 11.1 Å². The summed E-state index contributed by atoms with van der Waals surface area (Å²) in [4.78, 5) is 12.5. The fourth-order valence-corrected chi connectivity index (χ4v) is 3.06. The SMILES string of the molecule is COc1ccc(C(C)NC(=O)C2CC(c3ccc(Cl)cc3)NN2)cc1. The van der Waals surface area contributed by atoms with Gasteiger partial charge in [-0.15, -0.1) is 0 Å². The number of ether oxygens (including phenoxy) is 1. The number of halogens is 1. The molecule has 132 valence electrons. The highest BCUT2D eigenvalue weighted by atomic mass is 35.5. The Morgan fingerprint density at radius 1 is 1.16 bits per heavy atom. The molecule has 1 fully saturated rings. The van der Waals surface area contributed by atoms with E-state index in [2.05, 4.69) is 16.2 Å². The molecule has 1 saturated heterocycles. The fraction of sp³-hybridized carbons (Fsp3) is 0.316. The molecule has 2 aromatic carbocycles. The standard InChI is InChI=1S/C19H22ClN3O2/c1-12(13-5-9-16(25-2)10-6-13)21-19(24)18-11-17(22-23-18)14-3-7-15(20)8-4-14/h3-10,12,17-18,22-23H,11H2,1-2H3,(H,21,24). The molecule has 3 atom stereocenters. The van der Waals surface area contributed by atoms with Crippen LogP contribution in [0.3, 0.4) is 0 Å². The highest BCUT2D eigenvalue weighted by Gasteiger charge is 2.30. The molecule has 5 nitrogen and oxygen atoms in total. The third kappa shape index (κ3) is 4.31. The van der Waals surface area contributed by atoms with Crippen LogP contribution >= 0.6 is 11.6 Å². The van der Waals surface area contributed by atoms with Crippen molar-refractivity contribution >= 4 is 17.5 Å². The van der Waals surface area contributed by atoms with Gasteiger partial charge >= 0.3 is 0 Å². The topological polar surface area (TPSA) is 62.4 Å². The first-order valence-corrected chi connectivity index (χ1v) is 8.65. The summed E-state index contributed by atoms with van der Waals surface area (Å²) in [7, 11) is 1.63. The molecular formula is C19H22ClN3O2. The molecule has 0 saturated carbocycles. The number of amides is 1. The van der Waals surface area contributed by atoms with Gasteiger partial charge in [-0.1, -0.05) is 35.9 Å². The van der Waals surface area contributed by atoms with Crippen LogP contribution in [0.5, 0.6) is 5.75 Å². The zero-order valence-electron chi connectivity index (χ0n) is 14.3. The number of hydrogen-bond donors (Lipinski definition) is 3. The normalized spacial score (nSPS) is 20.9. The van der Waals surface area contributed by atoms with Gasteiger partial charge < -0.3 is 10.1 Å². The molecule has 6 heteroatoms. The number of nitrogens with one attached hydrogen (secondary N) is 3. The third-order valence-corrected chi connectivity index (χ3v) is 4.72. The Bertz CT molecular complexity index is 718. The summed E-state index contributed by atoms with van der Waals surface area (Å²) in [6.07, 6.45) is 0.683. The van der Waals surface area contributed by atoms with E-state index in [-0.39, 0.29) is 24.0 Å². The minimum atomic E-state index is -0.277. The Balaban J connectivity index is 1.57. The number of carbonyl (C=O) groups excluding carboxylic acids is 1. The van der Waals surface area contributed by atoms with E-state index in [4.69, 9.17) is 16.3 Å². The first kappa shape index (κ1) is 17.7. The van der Waals surface area contributed by atoms with E-state index in [1.165, 1.54) is 0 Å². The van der Waals surface area contributed by atoms with Gasteiger partial charge in [0.25, 0.3) is 0 Å². The van der Waals surface area contributed by atoms with Crippen molar-refractivity contribution in [2.45, 2.75) is 31.5 Å². The van der Waals surface area contributed by atoms with E-state index in [0.717, 1.165) is 16.9 Å². The Morgan fingerprint density at radius 3 is 2.48 bits per heavy atom. The highest BCUT2D eigenvalue weighted by molar-refractivity contribution is 6.30. The summed E-state index contributed by atoms with van der Waals surface area (Å²) in [5, 5.41) is 3.76. The van der Waals surface area contributed by atoms with E-state index in [1.54, 1.807) is 7.11 Å². The van der Waals surface area contributed by atoms with Gasteiger partial charge in [0.2, 0.25) is 5.91 Å². The van der Waals surface area contributed by atoms with Crippen LogP contribution in [-0.4, -0.2) is 19.1 Å². The maximum Gasteiger partial charge on any atom is 0.239 e. The average molecular weight is 360 g/mol. The second-order valence-corrected chi connectivity index (χ2v) is 6.62. The molecule has 0 bridgehead atoms. The molecule has 0 aromatic heterocycles. The van der Waals surface area contributed by atoms with Crippen molar-refractivity contribution < 1.29 is 9.53 Å². The number of hydrazine groups is 1. The van der Waals surface area contributed by atoms with Gasteiger partial charge in [0.15, 0.2) is 0 Å². The summed E-state index contributed by atoms with van der Waals surface area (Å²) < 4.78 is 5.16. The molecular weight excluding hydrogens is 338 g/mol. The predicted octanol–water partition coefficient (Wildman–Crippen LogP) is 3.13. The lowest BCUT2D eigenvalue weighted by atomic mass is 10.0. The van der Waals surface area contributed by atoms with E-state index in [1.807, 2.05) is 55.5 Å². The van der Waals surface area contributed by atoms with E-state index < -0.39 is 0 Å². The van der Waals surface area contributed by atoms with Crippen molar-refractivity contribution in [3.63, 3.8) is 0 Å². The van der Waals surface area contributed by atoms with Crippen LogP contribution in [-0.2, 0) is 4.79 Å². The zero-order chi connectivity index (χ0) is 17.8. The van der Waals surface area contributed by atoms with Crippen molar-refractivity contribution in [2.75, 3.05) is 7.11 Å². The van der Waals surface area contributed by atoms with Gasteiger partial charge in [-0.2, -0.15) is 0 Å². The van der Waals surface area contributed by atoms with Gasteiger partial charge in [-0.3, -0.25) is 4.79 Å². The minimum Gasteiger partial charge on any atom is -0.497 e. The lowest BCUT2D eigenvalue weighted by molar-refractivity contribution is -0.123. The maximum atomic E-state index is 12.5. The molecule has 1 amide bonds. The van der Waals surface area contributed by atoms with Crippen molar-refractivity contribution in [3.8, 4) is 5.75 Å². The number of hydrogen-bond acceptors (Lipinski definition) is 4. The monoisotopic (exact) mass is 359 g/mol. The molecule has 3 rings (SSSR count). The van der Waals surface area contributed by atoms with Gasteiger partial charge in [0.05, 0.1) is 13.2 Å². The fourth-order valence-electron chi connectivity index (χ4n) is 2.93. The number of carbonyl (C=O) groups is 1. The van der Waals surface area contributed by atoms with Crippen LogP contribution in [0.2, 0.25) is 5.02 Å². The zero-order valence-corrected chi connectivity index (χ0v) is 15.0. The van der Waals surface area contributed by atoms with Crippen LogP contribution in [0.1, 0.15) is 36.6 Å². The van der Waals surface area contributed by atoms with Crippen molar-refractivity contribution in [2.24, 2.45) is 0 Å². The van der Waals surface area contributed by atoms with E-state index in [0.29, 0.717) is 11.4 Å². The molecule has 3 unspecified atom stereocenters. The Labute approximate surface area is 152 Å². The molecule has 0 spiro atoms. The van der Waals surface area contributed by atoms with Crippen LogP contribution in [0, 0.1) is 0 Å². The number of rotatable bonds is 5. The molecule has 1 aliphatic heterocycles. The van der Waals surface area contributed by atoms with E-state index in [9.17, 15) is 4.79 Å². The molecule has 0 aliphatic carbocycles. The first-order chi connectivity index (χ1) is 12.1. The van der Waals surface area contributed by atoms with Crippen molar-refractivity contribution in [1.29, 1.82) is 0 Å². The Morgan fingerprint density at radius 2 is 1.84 bits per heavy atom. The van der Waals surface area contributed by atoms with Crippen LogP contribution in [0.25, 0.3) is 0 Å². The third-order valence-electron chi connectivity index (χ3n) is 4.47. The molecule has 3 N–H and O–H groups in total. The summed E-state index contributed by atoms with van der Waals surface area (Å²) in [5.41, 5.74) is 8.40. The predicted molar refractivity (Wildman–Crippen MR) is 98.4 cm³/mol. The smallest absolute Gasteiger partial charge is 0.239 e. The highest BCUT2D eigenvalue weighted by Crippen LogP contribution is 2.24. The first-order valence-electron chi connectivity index (χ1n) is 8.27. The van der Waals surface area contributed by atoms with Crippen molar-refractivity contribution in [3.05, 3.63) is 64.7 Å². The summed E-state index contributed by atoms with van der Waals surface area (Å²) in [5.74, 6) is 0.780. The van der Waals surface area contributed by atoms with Gasteiger partial charge in [0.1, 0.15) is 11.8 Å². The molecule has 0 radical (unpaired) electrons. The molecule has 25 heavy (non-hydrogen) atoms. The molecule has 1 aliphatic rings. The number of methoxy groups -OCH3 is 1. The van der Waals surface area contributed by atoms with Gasteiger partial charge in [-0.05, 0) is 48.7 Å². The summed E-state index contributed by atoms with van der Waals surface area (Å²) in [6.45, 7) is 1.97. The summed E-state index contributed by atoms with van der Waals surface area (Å²) in [6, 6.07) is 15.1. The lowest BCUT2D eigenvalue weighted by Gasteiger charge is -2.17. The van der Waals surface area contributed by atoms with Crippen molar-refractivity contribution in [1.82, 2.24) is 16.2 Å². The van der Waals surface area contributed by atoms with Crippen LogP contribution in [0.4, 0.5) is 0 Å². The quantitative estimate of drug-likeness (QED) is 0.767. The molecule has 2 aromatic rings. The molecule has 1 heterocycles. The minimum absolute atomic E-state index is 0.0210. The van der Waals surface area contributed by atoms with Crippen LogP contribution < -0.4 is 20.9 Å². The Hall–Kier alpha value is -2.08. The van der Waals surface area contributed by atoms with Gasteiger partial charge in [-0.25, -0.2) is 10.9 Å². The van der Waals surface area contributed by atoms with Crippen LogP contribution in [0.15, 0.2) is 48.5 Å². The second-order valence-electron chi connectivity index (χ2n) is 6.18. The maximum absolute atomic E-state index is 12.5. The summed E-state index contributed by atoms with van der Waals surface area (Å²) >= 11 is 5.92. The second kappa shape index (κ2) is 7.87. The Kier molecular flexibility index (Phi) is 5.58.